The Morgan fingerprint density at radius 3 is 2.17 bits per heavy atom. The number of hydrogen-bond donors (Lipinski definition) is 2. The first kappa shape index (κ1) is 15.5. The molecule has 0 aliphatic carbocycles. The van der Waals surface area contributed by atoms with Crippen molar-refractivity contribution in [3.8, 4) is 0 Å². The standard InChI is InChI=1S/C18H17NO3S/c1-13-6-8-17(9-7-13)23(21,22)19-18-11-15-5-3-2-4-14(15)10-16(18)12-20/h2-11,19-20H,12H2,1H3. The third-order valence-corrected chi connectivity index (χ3v) is 5.10. The summed E-state index contributed by atoms with van der Waals surface area (Å²) in [6.07, 6.45) is 0. The molecule has 0 saturated heterocycles. The van der Waals surface area contributed by atoms with Gasteiger partial charge in [-0.15, -0.1) is 0 Å². The van der Waals surface area contributed by atoms with Crippen LogP contribution in [-0.2, 0) is 16.6 Å². The fraction of sp³-hybridized carbons (Fsp3) is 0.111. The van der Waals surface area contributed by atoms with E-state index in [1.165, 1.54) is 0 Å². The van der Waals surface area contributed by atoms with Gasteiger partial charge in [0.15, 0.2) is 0 Å². The van der Waals surface area contributed by atoms with Crippen molar-refractivity contribution in [2.45, 2.75) is 18.4 Å². The first-order chi connectivity index (χ1) is 11.0. The number of sulfonamides is 1. The van der Waals surface area contributed by atoms with Crippen molar-refractivity contribution in [1.82, 2.24) is 0 Å². The van der Waals surface area contributed by atoms with Gasteiger partial charge >= 0.3 is 0 Å². The summed E-state index contributed by atoms with van der Waals surface area (Å²) in [7, 11) is -3.69. The van der Waals surface area contributed by atoms with Gasteiger partial charge in [0.25, 0.3) is 10.0 Å². The van der Waals surface area contributed by atoms with Gasteiger partial charge in [-0.3, -0.25) is 4.72 Å². The topological polar surface area (TPSA) is 66.4 Å². The molecule has 0 aliphatic heterocycles. The number of benzene rings is 3. The molecule has 0 atom stereocenters. The molecule has 23 heavy (non-hydrogen) atoms. The van der Waals surface area contributed by atoms with Crippen LogP contribution in [0.5, 0.6) is 0 Å². The zero-order chi connectivity index (χ0) is 16.4. The second-order valence-corrected chi connectivity index (χ2v) is 7.12. The van der Waals surface area contributed by atoms with Crippen LogP contribution in [0.15, 0.2) is 65.6 Å². The van der Waals surface area contributed by atoms with Crippen molar-refractivity contribution < 1.29 is 13.5 Å². The molecule has 2 N–H and O–H groups in total. The number of rotatable bonds is 4. The smallest absolute Gasteiger partial charge is 0.261 e. The molecule has 0 aliphatic rings. The number of aryl methyl sites for hydroxylation is 1. The minimum Gasteiger partial charge on any atom is -0.392 e. The summed E-state index contributed by atoms with van der Waals surface area (Å²) in [5.74, 6) is 0. The molecular weight excluding hydrogens is 310 g/mol. The van der Waals surface area contributed by atoms with E-state index in [1.54, 1.807) is 36.4 Å². The Labute approximate surface area is 135 Å². The summed E-state index contributed by atoms with van der Waals surface area (Å²) in [6.45, 7) is 1.66. The Morgan fingerprint density at radius 1 is 0.957 bits per heavy atom. The van der Waals surface area contributed by atoms with Crippen molar-refractivity contribution in [2.75, 3.05) is 4.72 Å². The first-order valence-electron chi connectivity index (χ1n) is 7.21. The largest absolute Gasteiger partial charge is 0.392 e. The number of aliphatic hydroxyl groups excluding tert-OH is 1. The molecule has 0 fully saturated rings. The Morgan fingerprint density at radius 2 is 1.57 bits per heavy atom. The molecular formula is C18H17NO3S. The van der Waals surface area contributed by atoms with Crippen LogP contribution in [0.3, 0.4) is 0 Å². The zero-order valence-corrected chi connectivity index (χ0v) is 13.5. The summed E-state index contributed by atoms with van der Waals surface area (Å²) in [6, 6.07) is 17.8. The third-order valence-electron chi connectivity index (χ3n) is 3.72. The molecule has 0 saturated carbocycles. The van der Waals surface area contributed by atoms with Crippen molar-refractivity contribution in [2.24, 2.45) is 0 Å². The number of anilines is 1. The van der Waals surface area contributed by atoms with Gasteiger partial charge in [0, 0.05) is 5.56 Å². The van der Waals surface area contributed by atoms with E-state index >= 15 is 0 Å². The summed E-state index contributed by atoms with van der Waals surface area (Å²) in [5, 5.41) is 11.4. The Bertz CT molecular complexity index is 948. The molecule has 4 nitrogen and oxygen atoms in total. The molecule has 0 unspecified atom stereocenters. The lowest BCUT2D eigenvalue weighted by Gasteiger charge is -2.13. The number of nitrogens with one attached hydrogen (secondary N) is 1. The highest BCUT2D eigenvalue weighted by atomic mass is 32.2. The molecule has 0 heterocycles. The number of fused-ring (bicyclic) bond motifs is 1. The second kappa shape index (κ2) is 6.02. The van der Waals surface area contributed by atoms with E-state index < -0.39 is 10.0 Å². The molecule has 3 aromatic carbocycles. The van der Waals surface area contributed by atoms with Crippen LogP contribution < -0.4 is 4.72 Å². The molecule has 0 aromatic heterocycles. The van der Waals surface area contributed by atoms with Crippen molar-refractivity contribution in [3.05, 3.63) is 71.8 Å². The fourth-order valence-electron chi connectivity index (χ4n) is 2.43. The van der Waals surface area contributed by atoms with E-state index in [-0.39, 0.29) is 11.5 Å². The van der Waals surface area contributed by atoms with Crippen molar-refractivity contribution >= 4 is 26.5 Å². The minimum absolute atomic E-state index is 0.195. The van der Waals surface area contributed by atoms with E-state index in [0.717, 1.165) is 16.3 Å². The van der Waals surface area contributed by atoms with Gasteiger partial charge in [-0.25, -0.2) is 8.42 Å². The summed E-state index contributed by atoms with van der Waals surface area (Å²) in [5.41, 5.74) is 1.93. The maximum absolute atomic E-state index is 12.5. The molecule has 118 valence electrons. The van der Waals surface area contributed by atoms with E-state index in [4.69, 9.17) is 0 Å². The number of hydrogen-bond acceptors (Lipinski definition) is 3. The SMILES string of the molecule is Cc1ccc(S(=O)(=O)Nc2cc3ccccc3cc2CO)cc1. The van der Waals surface area contributed by atoms with E-state index in [9.17, 15) is 13.5 Å². The zero-order valence-electron chi connectivity index (χ0n) is 12.7. The monoisotopic (exact) mass is 327 g/mol. The second-order valence-electron chi connectivity index (χ2n) is 5.43. The molecule has 0 spiro atoms. The molecule has 0 amide bonds. The van der Waals surface area contributed by atoms with Crippen LogP contribution in [0.1, 0.15) is 11.1 Å². The van der Waals surface area contributed by atoms with Gasteiger partial charge in [0.2, 0.25) is 0 Å². The van der Waals surface area contributed by atoms with Gasteiger partial charge in [0.05, 0.1) is 17.2 Å². The van der Waals surface area contributed by atoms with E-state index in [0.29, 0.717) is 11.3 Å². The quantitative estimate of drug-likeness (QED) is 0.771. The van der Waals surface area contributed by atoms with Gasteiger partial charge in [-0.1, -0.05) is 42.0 Å². The van der Waals surface area contributed by atoms with Gasteiger partial charge in [0.1, 0.15) is 0 Å². The average molecular weight is 327 g/mol. The highest BCUT2D eigenvalue weighted by molar-refractivity contribution is 7.92. The van der Waals surface area contributed by atoms with Crippen LogP contribution in [0, 0.1) is 6.92 Å². The highest BCUT2D eigenvalue weighted by Gasteiger charge is 2.16. The average Bonchev–Trinajstić information content (AvgIpc) is 2.54. The summed E-state index contributed by atoms with van der Waals surface area (Å²) < 4.78 is 27.6. The van der Waals surface area contributed by atoms with Gasteiger partial charge < -0.3 is 5.11 Å². The molecule has 5 heteroatoms. The van der Waals surface area contributed by atoms with Crippen LogP contribution in [0.4, 0.5) is 5.69 Å². The predicted octanol–water partition coefficient (Wildman–Crippen LogP) is 3.44. The van der Waals surface area contributed by atoms with Crippen LogP contribution >= 0.6 is 0 Å². The van der Waals surface area contributed by atoms with Crippen LogP contribution in [-0.4, -0.2) is 13.5 Å². The predicted molar refractivity (Wildman–Crippen MR) is 91.9 cm³/mol. The minimum atomic E-state index is -3.69. The maximum atomic E-state index is 12.5. The van der Waals surface area contributed by atoms with Crippen molar-refractivity contribution in [1.29, 1.82) is 0 Å². The van der Waals surface area contributed by atoms with Crippen molar-refractivity contribution in [3.63, 3.8) is 0 Å². The lowest BCUT2D eigenvalue weighted by atomic mass is 10.1. The molecule has 0 bridgehead atoms. The molecule has 0 radical (unpaired) electrons. The molecule has 3 aromatic rings. The van der Waals surface area contributed by atoms with Crippen LogP contribution in [0.2, 0.25) is 0 Å². The lowest BCUT2D eigenvalue weighted by molar-refractivity contribution is 0.282. The maximum Gasteiger partial charge on any atom is 0.261 e. The Hall–Kier alpha value is -2.37. The summed E-state index contributed by atoms with van der Waals surface area (Å²) in [4.78, 5) is 0.195. The molecule has 3 rings (SSSR count). The fourth-order valence-corrected chi connectivity index (χ4v) is 3.53. The third kappa shape index (κ3) is 3.21. The van der Waals surface area contributed by atoms with E-state index in [1.807, 2.05) is 31.2 Å². The Balaban J connectivity index is 2.04. The van der Waals surface area contributed by atoms with Gasteiger partial charge in [-0.2, -0.15) is 0 Å². The summed E-state index contributed by atoms with van der Waals surface area (Å²) >= 11 is 0. The first-order valence-corrected chi connectivity index (χ1v) is 8.70. The highest BCUT2D eigenvalue weighted by Crippen LogP contribution is 2.26. The Kier molecular flexibility index (Phi) is 4.07. The van der Waals surface area contributed by atoms with E-state index in [2.05, 4.69) is 4.72 Å². The van der Waals surface area contributed by atoms with Crippen LogP contribution in [0.25, 0.3) is 10.8 Å². The lowest BCUT2D eigenvalue weighted by Crippen LogP contribution is -2.14. The normalized spacial score (nSPS) is 11.6. The number of aliphatic hydroxyl groups is 1. The van der Waals surface area contributed by atoms with Gasteiger partial charge in [-0.05, 0) is 42.0 Å².